The topological polar surface area (TPSA) is 106 Å². The van der Waals surface area contributed by atoms with E-state index in [1.807, 2.05) is 0 Å². The van der Waals surface area contributed by atoms with Crippen LogP contribution in [0.25, 0.3) is 6.08 Å². The second-order valence-corrected chi connectivity index (χ2v) is 8.79. The van der Waals surface area contributed by atoms with Gasteiger partial charge >= 0.3 is 5.97 Å². The van der Waals surface area contributed by atoms with Crippen molar-refractivity contribution >= 4 is 49.6 Å². The Labute approximate surface area is 171 Å². The van der Waals surface area contributed by atoms with Gasteiger partial charge < -0.3 is 14.5 Å². The Morgan fingerprint density at radius 1 is 1.25 bits per heavy atom. The highest BCUT2D eigenvalue weighted by atomic mass is 79.9. The molecule has 1 aromatic heterocycles. The van der Waals surface area contributed by atoms with Gasteiger partial charge in [-0.2, -0.15) is 0 Å². The Morgan fingerprint density at radius 3 is 2.57 bits per heavy atom. The number of hydrogen-bond donors (Lipinski definition) is 1. The average Bonchev–Trinajstić information content (AvgIpc) is 3.05. The van der Waals surface area contributed by atoms with Crippen LogP contribution >= 0.6 is 15.9 Å². The Morgan fingerprint density at radius 2 is 1.96 bits per heavy atom. The Hall–Kier alpha value is -2.43. The summed E-state index contributed by atoms with van der Waals surface area (Å²) in [5, 5.41) is 2.53. The molecule has 0 saturated heterocycles. The van der Waals surface area contributed by atoms with Crippen molar-refractivity contribution in [1.29, 1.82) is 0 Å². The summed E-state index contributed by atoms with van der Waals surface area (Å²) in [6.45, 7) is 1.41. The van der Waals surface area contributed by atoms with Crippen molar-refractivity contribution in [3.8, 4) is 0 Å². The van der Waals surface area contributed by atoms with Crippen LogP contribution in [0, 0.1) is 0 Å². The van der Waals surface area contributed by atoms with E-state index in [1.54, 1.807) is 12.1 Å². The van der Waals surface area contributed by atoms with Crippen molar-refractivity contribution in [3.63, 3.8) is 0 Å². The zero-order valence-electron chi connectivity index (χ0n) is 15.4. The fourth-order valence-electron chi connectivity index (χ4n) is 2.02. The molecule has 1 atom stereocenters. The van der Waals surface area contributed by atoms with Gasteiger partial charge in [0.15, 0.2) is 10.8 Å². The first-order valence-electron chi connectivity index (χ1n) is 8.07. The number of halogens is 1. The largest absolute Gasteiger partial charge is 0.450 e. The van der Waals surface area contributed by atoms with E-state index in [9.17, 15) is 18.0 Å². The summed E-state index contributed by atoms with van der Waals surface area (Å²) in [4.78, 5) is 24.1. The zero-order valence-corrected chi connectivity index (χ0v) is 17.8. The monoisotopic (exact) mass is 470 g/mol. The number of carbonyl (C=O) groups is 2. The zero-order chi connectivity index (χ0) is 20.9. The molecule has 2 rings (SSSR count). The number of esters is 1. The quantitative estimate of drug-likeness (QED) is 0.492. The van der Waals surface area contributed by atoms with Gasteiger partial charge in [-0.3, -0.25) is 4.79 Å². The first-order chi connectivity index (χ1) is 13.1. The number of nitrogens with one attached hydrogen (secondary N) is 1. The van der Waals surface area contributed by atoms with Crippen LogP contribution in [-0.4, -0.2) is 44.8 Å². The lowest BCUT2D eigenvalue weighted by Gasteiger charge is -2.14. The first kappa shape index (κ1) is 21.9. The van der Waals surface area contributed by atoms with E-state index in [0.29, 0.717) is 10.4 Å². The minimum absolute atomic E-state index is 0.0347. The Bertz CT molecular complexity index is 997. The number of carbonyl (C=O) groups excluding carboxylic acids is 2. The maximum absolute atomic E-state index is 12.2. The van der Waals surface area contributed by atoms with Crippen molar-refractivity contribution in [2.75, 3.05) is 19.4 Å². The Kier molecular flexibility index (Phi) is 7.17. The van der Waals surface area contributed by atoms with Gasteiger partial charge in [-0.05, 0) is 59.3 Å². The number of hydrogen-bond acceptors (Lipinski definition) is 6. The summed E-state index contributed by atoms with van der Waals surface area (Å²) in [6.07, 6.45) is 1.46. The van der Waals surface area contributed by atoms with E-state index < -0.39 is 28.0 Å². The van der Waals surface area contributed by atoms with E-state index in [2.05, 4.69) is 21.2 Å². The van der Waals surface area contributed by atoms with E-state index in [1.165, 1.54) is 51.4 Å². The molecule has 2 aromatic rings. The highest BCUT2D eigenvalue weighted by Gasteiger charge is 2.20. The SMILES string of the molecule is C[C@@H](OC(=O)/C=C\c1ccc(Br)o1)C(=O)Nc1cccc(S(=O)(=O)N(C)C)c1. The maximum atomic E-state index is 12.2. The third-order valence-corrected chi connectivity index (χ3v) is 5.76. The normalized spacial score (nSPS) is 12.9. The molecule has 0 radical (unpaired) electrons. The van der Waals surface area contributed by atoms with Gasteiger partial charge in [0.1, 0.15) is 5.76 Å². The first-order valence-corrected chi connectivity index (χ1v) is 10.3. The average molecular weight is 471 g/mol. The van der Waals surface area contributed by atoms with Crippen LogP contribution < -0.4 is 5.32 Å². The molecular weight excluding hydrogens is 452 g/mol. The molecule has 10 heteroatoms. The van der Waals surface area contributed by atoms with Crippen LogP contribution in [-0.2, 0) is 24.3 Å². The molecule has 0 aliphatic carbocycles. The summed E-state index contributed by atoms with van der Waals surface area (Å²) in [7, 11) is -0.804. The lowest BCUT2D eigenvalue weighted by atomic mass is 10.3. The summed E-state index contributed by atoms with van der Waals surface area (Å²) in [6, 6.07) is 9.12. The Balaban J connectivity index is 1.98. The van der Waals surface area contributed by atoms with Crippen LogP contribution in [0.1, 0.15) is 12.7 Å². The molecule has 1 N–H and O–H groups in total. The third kappa shape index (κ3) is 5.78. The maximum Gasteiger partial charge on any atom is 0.331 e. The molecule has 0 unspecified atom stereocenters. The number of amides is 1. The fraction of sp³-hybridized carbons (Fsp3) is 0.222. The molecule has 0 aliphatic heterocycles. The number of benzene rings is 1. The predicted octanol–water partition coefficient (Wildman–Crippen LogP) is 2.88. The number of rotatable bonds is 7. The van der Waals surface area contributed by atoms with E-state index in [-0.39, 0.29) is 10.6 Å². The molecule has 0 spiro atoms. The van der Waals surface area contributed by atoms with Gasteiger partial charge in [-0.15, -0.1) is 0 Å². The predicted molar refractivity (Wildman–Crippen MR) is 107 cm³/mol. The molecule has 1 heterocycles. The summed E-state index contributed by atoms with van der Waals surface area (Å²) >= 11 is 3.15. The molecule has 0 fully saturated rings. The molecule has 0 bridgehead atoms. The molecule has 8 nitrogen and oxygen atoms in total. The number of ether oxygens (including phenoxy) is 1. The summed E-state index contributed by atoms with van der Waals surface area (Å²) < 4.78 is 36.2. The minimum Gasteiger partial charge on any atom is -0.450 e. The van der Waals surface area contributed by atoms with E-state index in [4.69, 9.17) is 9.15 Å². The fourth-order valence-corrected chi connectivity index (χ4v) is 3.29. The molecule has 0 aliphatic rings. The number of anilines is 1. The van der Waals surface area contributed by atoms with Crippen LogP contribution in [0.3, 0.4) is 0 Å². The van der Waals surface area contributed by atoms with E-state index >= 15 is 0 Å². The second kappa shape index (κ2) is 9.18. The molecule has 150 valence electrons. The number of furan rings is 1. The smallest absolute Gasteiger partial charge is 0.331 e. The molecule has 28 heavy (non-hydrogen) atoms. The highest BCUT2D eigenvalue weighted by Crippen LogP contribution is 2.18. The lowest BCUT2D eigenvalue weighted by molar-refractivity contribution is -0.148. The second-order valence-electron chi connectivity index (χ2n) is 5.86. The van der Waals surface area contributed by atoms with Crippen LogP contribution in [0.4, 0.5) is 5.69 Å². The molecule has 1 aromatic carbocycles. The molecule has 0 saturated carbocycles. The third-order valence-electron chi connectivity index (χ3n) is 3.52. The van der Waals surface area contributed by atoms with Crippen molar-refractivity contribution in [1.82, 2.24) is 4.31 Å². The van der Waals surface area contributed by atoms with Gasteiger partial charge in [-0.1, -0.05) is 6.07 Å². The van der Waals surface area contributed by atoms with Crippen LogP contribution in [0.15, 0.2) is 56.5 Å². The van der Waals surface area contributed by atoms with Gasteiger partial charge in [0.05, 0.1) is 4.90 Å². The van der Waals surface area contributed by atoms with Gasteiger partial charge in [0.25, 0.3) is 5.91 Å². The summed E-state index contributed by atoms with van der Waals surface area (Å²) in [5.74, 6) is -0.874. The highest BCUT2D eigenvalue weighted by molar-refractivity contribution is 9.10. The van der Waals surface area contributed by atoms with Crippen molar-refractivity contribution < 1.29 is 27.2 Å². The van der Waals surface area contributed by atoms with Crippen LogP contribution in [0.2, 0.25) is 0 Å². The number of sulfonamides is 1. The van der Waals surface area contributed by atoms with Gasteiger partial charge in [0.2, 0.25) is 10.0 Å². The summed E-state index contributed by atoms with van der Waals surface area (Å²) in [5.41, 5.74) is 0.270. The lowest BCUT2D eigenvalue weighted by Crippen LogP contribution is -2.29. The van der Waals surface area contributed by atoms with Gasteiger partial charge in [-0.25, -0.2) is 17.5 Å². The van der Waals surface area contributed by atoms with Crippen LogP contribution in [0.5, 0.6) is 0 Å². The van der Waals surface area contributed by atoms with Crippen molar-refractivity contribution in [2.24, 2.45) is 0 Å². The van der Waals surface area contributed by atoms with Crippen molar-refractivity contribution in [3.05, 3.63) is 52.9 Å². The van der Waals surface area contributed by atoms with Gasteiger partial charge in [0, 0.05) is 25.9 Å². The van der Waals surface area contributed by atoms with E-state index in [0.717, 1.165) is 10.4 Å². The van der Waals surface area contributed by atoms with Crippen molar-refractivity contribution in [2.45, 2.75) is 17.9 Å². The minimum atomic E-state index is -3.63. The number of nitrogens with zero attached hydrogens (tertiary/aromatic N) is 1. The molecular formula is C18H19BrN2O6S. The molecule has 1 amide bonds. The standard InChI is InChI=1S/C18H19BrN2O6S/c1-12(26-17(22)10-8-14-7-9-16(19)27-14)18(23)20-13-5-4-6-15(11-13)28(24,25)21(2)3/h4-12H,1-3H3,(H,20,23)/b10-8-/t12-/m1/s1.